The summed E-state index contributed by atoms with van der Waals surface area (Å²) in [5, 5.41) is 5.83. The van der Waals surface area contributed by atoms with Crippen LogP contribution in [-0.4, -0.2) is 21.8 Å². The number of hydrogen-bond donors (Lipinski definition) is 2. The van der Waals surface area contributed by atoms with Crippen molar-refractivity contribution in [2.45, 2.75) is 12.8 Å². The van der Waals surface area contributed by atoms with Crippen molar-refractivity contribution in [2.24, 2.45) is 0 Å². The van der Waals surface area contributed by atoms with Gasteiger partial charge in [-0.1, -0.05) is 23.7 Å². The van der Waals surface area contributed by atoms with Gasteiger partial charge in [-0.15, -0.1) is 0 Å². The molecule has 0 saturated carbocycles. The van der Waals surface area contributed by atoms with Crippen LogP contribution in [0.3, 0.4) is 0 Å². The summed E-state index contributed by atoms with van der Waals surface area (Å²) in [6, 6.07) is 11.2. The number of carbonyl (C=O) groups excluding carboxylic acids is 2. The molecule has 0 aliphatic rings. The van der Waals surface area contributed by atoms with E-state index in [1.807, 2.05) is 0 Å². The molecular weight excluding hydrogens is 383 g/mol. The lowest BCUT2D eigenvalue weighted by atomic mass is 10.1. The number of aryl methyl sites for hydroxylation is 1. The van der Waals surface area contributed by atoms with E-state index in [9.17, 15) is 14.0 Å². The first-order valence-electron chi connectivity index (χ1n) is 8.42. The van der Waals surface area contributed by atoms with Gasteiger partial charge in [0.05, 0.1) is 22.5 Å². The van der Waals surface area contributed by atoms with Crippen LogP contribution in [0.2, 0.25) is 5.02 Å². The third-order valence-corrected chi connectivity index (χ3v) is 4.04. The monoisotopic (exact) mass is 398 g/mol. The van der Waals surface area contributed by atoms with Gasteiger partial charge in [0.1, 0.15) is 11.6 Å². The second-order valence-electron chi connectivity index (χ2n) is 5.92. The normalized spacial score (nSPS) is 10.4. The summed E-state index contributed by atoms with van der Waals surface area (Å²) in [7, 11) is 0. The van der Waals surface area contributed by atoms with Crippen LogP contribution in [-0.2, 0) is 11.2 Å². The average molecular weight is 399 g/mol. The molecule has 0 spiro atoms. The molecular formula is C20H16ClFN4O2. The van der Waals surface area contributed by atoms with Crippen molar-refractivity contribution in [1.82, 2.24) is 9.97 Å². The van der Waals surface area contributed by atoms with Crippen LogP contribution in [0.25, 0.3) is 0 Å². The topological polar surface area (TPSA) is 84.0 Å². The molecule has 3 rings (SSSR count). The lowest BCUT2D eigenvalue weighted by Gasteiger charge is -2.11. The van der Waals surface area contributed by atoms with E-state index in [-0.39, 0.29) is 12.3 Å². The van der Waals surface area contributed by atoms with E-state index in [0.29, 0.717) is 34.1 Å². The Bertz CT molecular complexity index is 996. The number of nitrogens with one attached hydrogen (secondary N) is 2. The zero-order chi connectivity index (χ0) is 19.9. The van der Waals surface area contributed by atoms with Gasteiger partial charge in [0.2, 0.25) is 5.91 Å². The molecule has 0 aliphatic carbocycles. The standard InChI is InChI=1S/C20H16ClFN4O2/c21-14-6-7-18(24-11-14)26-20(28)16-3-1-2-4-17(16)25-19(27)8-5-13-9-15(22)12-23-10-13/h1-4,6-7,9-12H,5,8H2,(H,25,27)(H,24,26,28). The molecule has 1 aromatic carbocycles. The van der Waals surface area contributed by atoms with E-state index in [4.69, 9.17) is 11.6 Å². The Morgan fingerprint density at radius 1 is 1.04 bits per heavy atom. The molecule has 142 valence electrons. The Balaban J connectivity index is 1.65. The highest BCUT2D eigenvalue weighted by molar-refractivity contribution is 6.30. The first-order valence-corrected chi connectivity index (χ1v) is 8.80. The number of hydrogen-bond acceptors (Lipinski definition) is 4. The van der Waals surface area contributed by atoms with Crippen LogP contribution in [0.4, 0.5) is 15.9 Å². The number of para-hydroxylation sites is 1. The van der Waals surface area contributed by atoms with Crippen molar-refractivity contribution < 1.29 is 14.0 Å². The molecule has 28 heavy (non-hydrogen) atoms. The molecule has 0 bridgehead atoms. The summed E-state index contributed by atoms with van der Waals surface area (Å²) >= 11 is 5.78. The Morgan fingerprint density at radius 2 is 1.86 bits per heavy atom. The molecule has 2 amide bonds. The highest BCUT2D eigenvalue weighted by Gasteiger charge is 2.14. The summed E-state index contributed by atoms with van der Waals surface area (Å²) in [6.07, 6.45) is 4.50. The first-order chi connectivity index (χ1) is 13.5. The predicted octanol–water partition coefficient (Wildman–Crippen LogP) is 4.09. The molecule has 0 radical (unpaired) electrons. The van der Waals surface area contributed by atoms with Crippen LogP contribution in [0.5, 0.6) is 0 Å². The number of benzene rings is 1. The molecule has 0 atom stereocenters. The second kappa shape index (κ2) is 9.05. The predicted molar refractivity (Wildman–Crippen MR) is 105 cm³/mol. The van der Waals surface area contributed by atoms with E-state index < -0.39 is 11.7 Å². The van der Waals surface area contributed by atoms with E-state index >= 15 is 0 Å². The van der Waals surface area contributed by atoms with Gasteiger partial charge >= 0.3 is 0 Å². The van der Waals surface area contributed by atoms with Crippen LogP contribution in [0, 0.1) is 5.82 Å². The summed E-state index contributed by atoms with van der Waals surface area (Å²) in [6.45, 7) is 0. The molecule has 0 saturated heterocycles. The van der Waals surface area contributed by atoms with Gasteiger partial charge in [0, 0.05) is 18.8 Å². The van der Waals surface area contributed by atoms with E-state index in [0.717, 1.165) is 6.20 Å². The second-order valence-corrected chi connectivity index (χ2v) is 6.36. The maximum atomic E-state index is 13.2. The number of rotatable bonds is 6. The van der Waals surface area contributed by atoms with E-state index in [1.165, 1.54) is 18.5 Å². The SMILES string of the molecule is O=C(CCc1cncc(F)c1)Nc1ccccc1C(=O)Nc1ccc(Cl)cn1. The zero-order valence-corrected chi connectivity index (χ0v) is 15.4. The van der Waals surface area contributed by atoms with Gasteiger partial charge in [0.25, 0.3) is 5.91 Å². The molecule has 2 heterocycles. The van der Waals surface area contributed by atoms with Gasteiger partial charge < -0.3 is 10.6 Å². The fraction of sp³-hybridized carbons (Fsp3) is 0.100. The number of anilines is 2. The number of halogens is 2. The van der Waals surface area contributed by atoms with E-state index in [2.05, 4.69) is 20.6 Å². The quantitative estimate of drug-likeness (QED) is 0.655. The highest BCUT2D eigenvalue weighted by atomic mass is 35.5. The number of pyridine rings is 2. The Morgan fingerprint density at radius 3 is 2.61 bits per heavy atom. The van der Waals surface area contributed by atoms with Crippen molar-refractivity contribution in [2.75, 3.05) is 10.6 Å². The number of aromatic nitrogens is 2. The van der Waals surface area contributed by atoms with Crippen LogP contribution in [0.15, 0.2) is 61.1 Å². The summed E-state index contributed by atoms with van der Waals surface area (Å²) < 4.78 is 13.2. The van der Waals surface area contributed by atoms with Gasteiger partial charge in [0.15, 0.2) is 0 Å². The number of amides is 2. The summed E-state index contributed by atoms with van der Waals surface area (Å²) in [4.78, 5) is 32.6. The van der Waals surface area contributed by atoms with Crippen LogP contribution in [0.1, 0.15) is 22.3 Å². The molecule has 6 nitrogen and oxygen atoms in total. The minimum absolute atomic E-state index is 0.125. The largest absolute Gasteiger partial charge is 0.325 e. The lowest BCUT2D eigenvalue weighted by molar-refractivity contribution is -0.116. The molecule has 0 fully saturated rings. The van der Waals surface area contributed by atoms with Crippen molar-refractivity contribution >= 4 is 34.9 Å². The van der Waals surface area contributed by atoms with Gasteiger partial charge in [-0.25, -0.2) is 9.37 Å². The maximum absolute atomic E-state index is 13.2. The number of nitrogens with zero attached hydrogens (tertiary/aromatic N) is 2. The number of carbonyl (C=O) groups is 2. The van der Waals surface area contributed by atoms with Gasteiger partial charge in [-0.2, -0.15) is 0 Å². The third-order valence-electron chi connectivity index (χ3n) is 3.82. The molecule has 8 heteroatoms. The fourth-order valence-electron chi connectivity index (χ4n) is 2.49. The van der Waals surface area contributed by atoms with Gasteiger partial charge in [-0.3, -0.25) is 14.6 Å². The van der Waals surface area contributed by atoms with E-state index in [1.54, 1.807) is 36.4 Å². The average Bonchev–Trinajstić information content (AvgIpc) is 2.68. The van der Waals surface area contributed by atoms with Crippen LogP contribution >= 0.6 is 11.6 Å². The molecule has 0 aliphatic heterocycles. The van der Waals surface area contributed by atoms with Crippen molar-refractivity contribution in [3.8, 4) is 0 Å². The molecule has 2 aromatic heterocycles. The lowest BCUT2D eigenvalue weighted by Crippen LogP contribution is -2.18. The zero-order valence-electron chi connectivity index (χ0n) is 14.7. The Labute approximate surface area is 165 Å². The van der Waals surface area contributed by atoms with Gasteiger partial charge in [-0.05, 0) is 42.3 Å². The molecule has 2 N–H and O–H groups in total. The van der Waals surface area contributed by atoms with Crippen LogP contribution < -0.4 is 10.6 Å². The van der Waals surface area contributed by atoms with Crippen molar-refractivity contribution in [3.63, 3.8) is 0 Å². The first kappa shape index (κ1) is 19.4. The molecule has 3 aromatic rings. The van der Waals surface area contributed by atoms with Crippen molar-refractivity contribution in [3.05, 3.63) is 83.0 Å². The highest BCUT2D eigenvalue weighted by Crippen LogP contribution is 2.18. The minimum atomic E-state index is -0.448. The summed E-state index contributed by atoms with van der Waals surface area (Å²) in [5.41, 5.74) is 1.28. The Kier molecular flexibility index (Phi) is 6.29. The minimum Gasteiger partial charge on any atom is -0.325 e. The Hall–Kier alpha value is -3.32. The van der Waals surface area contributed by atoms with Crippen molar-refractivity contribution in [1.29, 1.82) is 0 Å². The smallest absolute Gasteiger partial charge is 0.258 e. The molecule has 0 unspecified atom stereocenters. The maximum Gasteiger partial charge on any atom is 0.258 e. The fourth-order valence-corrected chi connectivity index (χ4v) is 2.60. The third kappa shape index (κ3) is 5.34. The summed E-state index contributed by atoms with van der Waals surface area (Å²) in [5.74, 6) is -0.820.